The molecule has 4 aliphatic rings. The quantitative estimate of drug-likeness (QED) is 0.290. The molecule has 1 heterocycles. The predicted octanol–water partition coefficient (Wildman–Crippen LogP) is 7.35. The van der Waals surface area contributed by atoms with E-state index >= 15 is 0 Å². The van der Waals surface area contributed by atoms with Crippen LogP contribution in [0.3, 0.4) is 0 Å². The second-order valence-corrected chi connectivity index (χ2v) is 13.4. The van der Waals surface area contributed by atoms with Gasteiger partial charge in [0, 0.05) is 6.42 Å². The van der Waals surface area contributed by atoms with Crippen molar-refractivity contribution in [2.45, 2.75) is 122 Å². The molecule has 0 amide bonds. The molecule has 0 spiro atoms. The van der Waals surface area contributed by atoms with E-state index in [2.05, 4.69) is 57.7 Å². The van der Waals surface area contributed by atoms with Gasteiger partial charge in [-0.2, -0.15) is 0 Å². The minimum absolute atomic E-state index is 0.235. The molecule has 214 valence electrons. The maximum Gasteiger partial charge on any atom is 0.113 e. The van der Waals surface area contributed by atoms with Gasteiger partial charge in [-0.05, 0) is 110 Å². The van der Waals surface area contributed by atoms with Crippen LogP contribution in [0.25, 0.3) is 0 Å². The minimum atomic E-state index is -0.639. The summed E-state index contributed by atoms with van der Waals surface area (Å²) >= 11 is 0. The molecule has 3 N–H and O–H groups in total. The summed E-state index contributed by atoms with van der Waals surface area (Å²) in [6.07, 6.45) is 21.4. The fraction of sp³-hybridized carbons (Fsp3) is 0.657. The molecule has 7 atom stereocenters. The number of allylic oxidation sites excluding steroid dienone is 4. The topological polar surface area (TPSA) is 73.8 Å². The van der Waals surface area contributed by atoms with Gasteiger partial charge in [0.05, 0.1) is 30.0 Å². The van der Waals surface area contributed by atoms with Crippen LogP contribution in [0.5, 0.6) is 0 Å². The molecule has 5 rings (SSSR count). The summed E-state index contributed by atoms with van der Waals surface area (Å²) in [6, 6.07) is 2.18. The van der Waals surface area contributed by atoms with Crippen molar-refractivity contribution in [3.63, 3.8) is 0 Å². The number of furan rings is 1. The van der Waals surface area contributed by atoms with E-state index in [1.54, 1.807) is 0 Å². The minimum Gasteiger partial charge on any atom is -0.468 e. The van der Waals surface area contributed by atoms with Crippen molar-refractivity contribution in [3.05, 3.63) is 71.3 Å². The number of hydrogen-bond acceptors (Lipinski definition) is 4. The molecule has 1 aromatic heterocycles. The number of unbranched alkanes of at least 4 members (excludes halogenated alkanes) is 1. The molecular formula is C35H50O4. The van der Waals surface area contributed by atoms with E-state index in [0.29, 0.717) is 30.6 Å². The Hall–Kier alpha value is -1.88. The van der Waals surface area contributed by atoms with Gasteiger partial charge in [-0.25, -0.2) is 0 Å². The van der Waals surface area contributed by atoms with Crippen molar-refractivity contribution < 1.29 is 19.7 Å². The van der Waals surface area contributed by atoms with Gasteiger partial charge in [-0.1, -0.05) is 63.6 Å². The normalized spacial score (nSPS) is 36.0. The zero-order valence-electron chi connectivity index (χ0n) is 24.4. The molecule has 4 fully saturated rings. The SMILES string of the molecule is C=C1C(=CC=C2CCC[C@]3(C)[C@@H]([C@H](C)C=C[C@@H](O)C4(c5cc(CCCC)co5)CC4)CC[C@@H]23)C[C@@H](O)C[C@@H]1O. The largest absolute Gasteiger partial charge is 0.468 e. The van der Waals surface area contributed by atoms with E-state index in [0.717, 1.165) is 42.6 Å². The second kappa shape index (κ2) is 11.5. The Bertz CT molecular complexity index is 1120. The first kappa shape index (κ1) is 28.6. The van der Waals surface area contributed by atoms with Crippen molar-refractivity contribution in [2.75, 3.05) is 0 Å². The fourth-order valence-electron chi connectivity index (χ4n) is 8.18. The van der Waals surface area contributed by atoms with Gasteiger partial charge >= 0.3 is 0 Å². The lowest BCUT2D eigenvalue weighted by molar-refractivity contribution is 0.0862. The highest BCUT2D eigenvalue weighted by molar-refractivity contribution is 5.39. The highest BCUT2D eigenvalue weighted by Gasteiger charge is 2.53. The van der Waals surface area contributed by atoms with Crippen LogP contribution in [-0.2, 0) is 11.8 Å². The Morgan fingerprint density at radius 2 is 1.95 bits per heavy atom. The van der Waals surface area contributed by atoms with Crippen LogP contribution in [0, 0.1) is 23.2 Å². The maximum atomic E-state index is 11.3. The van der Waals surface area contributed by atoms with Crippen LogP contribution in [0.15, 0.2) is 64.3 Å². The molecule has 39 heavy (non-hydrogen) atoms. The zero-order chi connectivity index (χ0) is 27.8. The molecule has 4 saturated carbocycles. The lowest BCUT2D eigenvalue weighted by atomic mass is 9.61. The predicted molar refractivity (Wildman–Crippen MR) is 157 cm³/mol. The van der Waals surface area contributed by atoms with E-state index in [1.165, 1.54) is 49.7 Å². The molecular weight excluding hydrogens is 484 g/mol. The van der Waals surface area contributed by atoms with Crippen LogP contribution < -0.4 is 0 Å². The average Bonchev–Trinajstić information content (AvgIpc) is 3.44. The van der Waals surface area contributed by atoms with E-state index in [-0.39, 0.29) is 10.8 Å². The average molecular weight is 535 g/mol. The lowest BCUT2D eigenvalue weighted by Gasteiger charge is -2.44. The Labute approximate surface area is 235 Å². The van der Waals surface area contributed by atoms with Crippen molar-refractivity contribution in [3.8, 4) is 0 Å². The van der Waals surface area contributed by atoms with Crippen molar-refractivity contribution >= 4 is 0 Å². The lowest BCUT2D eigenvalue weighted by Crippen LogP contribution is -2.35. The van der Waals surface area contributed by atoms with E-state index in [9.17, 15) is 15.3 Å². The smallest absolute Gasteiger partial charge is 0.113 e. The first-order valence-corrected chi connectivity index (χ1v) is 15.6. The summed E-state index contributed by atoms with van der Waals surface area (Å²) in [5.74, 6) is 2.53. The van der Waals surface area contributed by atoms with E-state index < -0.39 is 18.3 Å². The molecule has 0 radical (unpaired) electrons. The van der Waals surface area contributed by atoms with Gasteiger partial charge < -0.3 is 19.7 Å². The summed E-state index contributed by atoms with van der Waals surface area (Å²) in [6.45, 7) is 11.1. The second-order valence-electron chi connectivity index (χ2n) is 13.4. The third-order valence-corrected chi connectivity index (χ3v) is 10.9. The Balaban J connectivity index is 1.26. The van der Waals surface area contributed by atoms with Crippen molar-refractivity contribution in [1.29, 1.82) is 0 Å². The molecule has 1 aromatic rings. The molecule has 0 saturated heterocycles. The number of hydrogen-bond donors (Lipinski definition) is 3. The molecule has 4 aliphatic carbocycles. The number of aliphatic hydroxyl groups is 3. The summed E-state index contributed by atoms with van der Waals surface area (Å²) in [4.78, 5) is 0. The van der Waals surface area contributed by atoms with Gasteiger partial charge in [0.1, 0.15) is 5.76 Å². The monoisotopic (exact) mass is 534 g/mol. The van der Waals surface area contributed by atoms with Crippen molar-refractivity contribution in [1.82, 2.24) is 0 Å². The van der Waals surface area contributed by atoms with Crippen molar-refractivity contribution in [2.24, 2.45) is 23.2 Å². The van der Waals surface area contributed by atoms with Crippen LogP contribution in [0.1, 0.15) is 103 Å². The van der Waals surface area contributed by atoms with Gasteiger partial charge in [-0.15, -0.1) is 0 Å². The Kier molecular flexibility index (Phi) is 8.48. The number of aryl methyl sites for hydroxylation is 1. The molecule has 4 nitrogen and oxygen atoms in total. The molecule has 0 bridgehead atoms. The fourth-order valence-corrected chi connectivity index (χ4v) is 8.18. The highest BCUT2D eigenvalue weighted by Crippen LogP contribution is 2.60. The van der Waals surface area contributed by atoms with Crippen LogP contribution in [0.4, 0.5) is 0 Å². The molecule has 4 heteroatoms. The van der Waals surface area contributed by atoms with Crippen LogP contribution in [0.2, 0.25) is 0 Å². The molecule has 0 unspecified atom stereocenters. The van der Waals surface area contributed by atoms with E-state index in [1.807, 2.05) is 6.26 Å². The number of aliphatic hydroxyl groups excluding tert-OH is 3. The number of rotatable bonds is 9. The summed E-state index contributed by atoms with van der Waals surface area (Å²) < 4.78 is 5.96. The standard InChI is InChI=1S/C35H50O4/c1-5-6-8-25-19-33(39-22-25)35(17-18-35)32(38)15-10-23(2)29-13-14-30-26(9-7-16-34(29,30)4)11-12-27-20-28(36)21-31(37)24(27)3/h10-12,15,19,22-23,28-32,36-38H,3,5-9,13-14,16-18,20-21H2,1-2,4H3/t23-,28-,29-,30+,31+,32-,34-/m1/s1. The third kappa shape index (κ3) is 5.67. The Morgan fingerprint density at radius 3 is 2.69 bits per heavy atom. The summed E-state index contributed by atoms with van der Waals surface area (Å²) in [5.41, 5.74) is 4.55. The maximum absolute atomic E-state index is 11.3. The van der Waals surface area contributed by atoms with Gasteiger partial charge in [0.25, 0.3) is 0 Å². The van der Waals surface area contributed by atoms with Gasteiger partial charge in [0.2, 0.25) is 0 Å². The third-order valence-electron chi connectivity index (χ3n) is 10.9. The van der Waals surface area contributed by atoms with Crippen LogP contribution >= 0.6 is 0 Å². The number of fused-ring (bicyclic) bond motifs is 1. The van der Waals surface area contributed by atoms with Crippen LogP contribution in [-0.4, -0.2) is 33.6 Å². The first-order valence-electron chi connectivity index (χ1n) is 15.6. The molecule has 0 aromatic carbocycles. The van der Waals surface area contributed by atoms with Gasteiger partial charge in [0.15, 0.2) is 0 Å². The summed E-state index contributed by atoms with van der Waals surface area (Å²) in [7, 11) is 0. The first-order chi connectivity index (χ1) is 18.7. The van der Waals surface area contributed by atoms with E-state index in [4.69, 9.17) is 4.42 Å². The zero-order valence-corrected chi connectivity index (χ0v) is 24.4. The molecule has 0 aliphatic heterocycles. The van der Waals surface area contributed by atoms with Gasteiger partial charge in [-0.3, -0.25) is 0 Å². The highest BCUT2D eigenvalue weighted by atomic mass is 16.3. The summed E-state index contributed by atoms with van der Waals surface area (Å²) in [5, 5.41) is 31.6. The Morgan fingerprint density at radius 1 is 1.15 bits per heavy atom.